The van der Waals surface area contributed by atoms with Crippen molar-refractivity contribution in [2.24, 2.45) is 7.05 Å². The Morgan fingerprint density at radius 3 is 2.60 bits per heavy atom. The van der Waals surface area contributed by atoms with Gasteiger partial charge >= 0.3 is 0 Å². The van der Waals surface area contributed by atoms with Crippen molar-refractivity contribution in [2.75, 3.05) is 0 Å². The van der Waals surface area contributed by atoms with Gasteiger partial charge in [-0.15, -0.1) is 0 Å². The summed E-state index contributed by atoms with van der Waals surface area (Å²) in [6.07, 6.45) is 3.67. The van der Waals surface area contributed by atoms with Gasteiger partial charge < -0.3 is 4.57 Å². The Bertz CT molecular complexity index is 484. The first kappa shape index (κ1) is 10.4. The molecule has 0 radical (unpaired) electrons. The third kappa shape index (κ3) is 1.84. The summed E-state index contributed by atoms with van der Waals surface area (Å²) in [5, 5.41) is 4.45. The van der Waals surface area contributed by atoms with E-state index < -0.39 is 0 Å². The highest BCUT2D eigenvalue weighted by atomic mass is 79.9. The third-order valence-electron chi connectivity index (χ3n) is 2.52. The molecule has 0 atom stereocenters. The minimum absolute atomic E-state index is 0.759. The Balaban J connectivity index is 2.33. The van der Waals surface area contributed by atoms with Crippen LogP contribution in [0.1, 0.15) is 17.1 Å². The fraction of sp³-hybridized carbons (Fsp3) is 0.400. The van der Waals surface area contributed by atoms with Crippen molar-refractivity contribution in [2.45, 2.75) is 20.4 Å². The molecule has 80 valence electrons. The molecule has 2 rings (SSSR count). The van der Waals surface area contributed by atoms with Crippen molar-refractivity contribution in [3.8, 4) is 0 Å². The summed E-state index contributed by atoms with van der Waals surface area (Å²) >= 11 is 3.52. The Kier molecular flexibility index (Phi) is 2.65. The fourth-order valence-electron chi connectivity index (χ4n) is 1.52. The molecule has 0 bridgehead atoms. The van der Waals surface area contributed by atoms with Gasteiger partial charge in [0.25, 0.3) is 0 Å². The van der Waals surface area contributed by atoms with Crippen molar-refractivity contribution in [3.63, 3.8) is 0 Å². The average Bonchev–Trinajstić information content (AvgIpc) is 2.69. The predicted molar refractivity (Wildman–Crippen MR) is 61.7 cm³/mol. The van der Waals surface area contributed by atoms with Crippen LogP contribution in [0.15, 0.2) is 17.0 Å². The van der Waals surface area contributed by atoms with Crippen LogP contribution in [-0.2, 0) is 13.6 Å². The van der Waals surface area contributed by atoms with Gasteiger partial charge in [0.05, 0.1) is 40.6 Å². The maximum atomic E-state index is 4.45. The van der Waals surface area contributed by atoms with Crippen LogP contribution in [-0.4, -0.2) is 19.3 Å². The lowest BCUT2D eigenvalue weighted by atomic mass is 10.4. The second-order valence-corrected chi connectivity index (χ2v) is 4.43. The number of hydrogen-bond acceptors (Lipinski definition) is 2. The van der Waals surface area contributed by atoms with Crippen molar-refractivity contribution in [1.82, 2.24) is 19.3 Å². The van der Waals surface area contributed by atoms with E-state index in [1.165, 1.54) is 0 Å². The summed E-state index contributed by atoms with van der Waals surface area (Å²) in [6, 6.07) is 0. The summed E-state index contributed by atoms with van der Waals surface area (Å²) in [4.78, 5) is 4.09. The second kappa shape index (κ2) is 3.81. The molecule has 0 aromatic carbocycles. The van der Waals surface area contributed by atoms with Gasteiger partial charge in [-0.3, -0.25) is 4.68 Å². The van der Waals surface area contributed by atoms with E-state index in [0.717, 1.165) is 28.1 Å². The summed E-state index contributed by atoms with van der Waals surface area (Å²) in [5.41, 5.74) is 3.32. The number of hydrogen-bond donors (Lipinski definition) is 0. The summed E-state index contributed by atoms with van der Waals surface area (Å²) in [7, 11) is 1.99. The van der Waals surface area contributed by atoms with Gasteiger partial charge in [-0.2, -0.15) is 5.10 Å². The van der Waals surface area contributed by atoms with E-state index in [1.807, 2.05) is 29.4 Å². The van der Waals surface area contributed by atoms with Gasteiger partial charge in [0, 0.05) is 7.05 Å². The highest BCUT2D eigenvalue weighted by Crippen LogP contribution is 2.20. The molecular formula is C10H13BrN4. The fourth-order valence-corrected chi connectivity index (χ4v) is 1.80. The van der Waals surface area contributed by atoms with E-state index in [0.29, 0.717) is 0 Å². The summed E-state index contributed by atoms with van der Waals surface area (Å²) < 4.78 is 5.07. The molecular weight excluding hydrogens is 256 g/mol. The van der Waals surface area contributed by atoms with E-state index in [1.54, 1.807) is 6.33 Å². The molecule has 0 amide bonds. The van der Waals surface area contributed by atoms with Crippen LogP contribution in [0.2, 0.25) is 0 Å². The third-order valence-corrected chi connectivity index (χ3v) is 3.67. The molecule has 2 aromatic heterocycles. The van der Waals surface area contributed by atoms with Crippen molar-refractivity contribution in [3.05, 3.63) is 34.1 Å². The molecule has 0 saturated heterocycles. The van der Waals surface area contributed by atoms with E-state index in [-0.39, 0.29) is 0 Å². The maximum absolute atomic E-state index is 4.45. The smallest absolute Gasteiger partial charge is 0.0946 e. The molecule has 0 aliphatic heterocycles. The van der Waals surface area contributed by atoms with Gasteiger partial charge in [-0.1, -0.05) is 0 Å². The number of aryl methyl sites for hydroxylation is 2. The van der Waals surface area contributed by atoms with Crippen LogP contribution < -0.4 is 0 Å². The monoisotopic (exact) mass is 268 g/mol. The molecule has 4 nitrogen and oxygen atoms in total. The number of halogens is 1. The van der Waals surface area contributed by atoms with Crippen LogP contribution >= 0.6 is 15.9 Å². The zero-order valence-corrected chi connectivity index (χ0v) is 10.6. The second-order valence-electron chi connectivity index (χ2n) is 3.64. The van der Waals surface area contributed by atoms with Crippen molar-refractivity contribution in [1.29, 1.82) is 0 Å². The van der Waals surface area contributed by atoms with Crippen LogP contribution in [0, 0.1) is 13.8 Å². The van der Waals surface area contributed by atoms with Crippen molar-refractivity contribution >= 4 is 15.9 Å². The Morgan fingerprint density at radius 1 is 1.40 bits per heavy atom. The molecule has 0 aliphatic rings. The first-order valence-electron chi connectivity index (χ1n) is 4.74. The van der Waals surface area contributed by atoms with E-state index in [4.69, 9.17) is 0 Å². The molecule has 15 heavy (non-hydrogen) atoms. The number of nitrogens with zero attached hydrogens (tertiary/aromatic N) is 4. The number of rotatable bonds is 2. The zero-order valence-electron chi connectivity index (χ0n) is 9.03. The molecule has 5 heteroatoms. The molecule has 0 fully saturated rings. The van der Waals surface area contributed by atoms with Crippen molar-refractivity contribution < 1.29 is 0 Å². The molecule has 2 aromatic rings. The molecule has 0 N–H and O–H groups in total. The highest BCUT2D eigenvalue weighted by Gasteiger charge is 2.09. The quantitative estimate of drug-likeness (QED) is 0.836. The van der Waals surface area contributed by atoms with Crippen LogP contribution in [0.5, 0.6) is 0 Å². The lowest BCUT2D eigenvalue weighted by molar-refractivity contribution is 0.626. The zero-order chi connectivity index (χ0) is 11.0. The number of aromatic nitrogens is 4. The normalized spacial score (nSPS) is 10.9. The Hall–Kier alpha value is -1.10. The topological polar surface area (TPSA) is 35.6 Å². The molecule has 0 saturated carbocycles. The lowest BCUT2D eigenvalue weighted by Crippen LogP contribution is -2.07. The largest absolute Gasteiger partial charge is 0.336 e. The van der Waals surface area contributed by atoms with Crippen LogP contribution in [0.25, 0.3) is 0 Å². The standard InChI is InChI=1S/C10H13BrN4/c1-7-10(11)8(2)15(13-7)5-9-4-12-6-14(9)3/h4,6H,5H2,1-3H3. The molecule has 0 unspecified atom stereocenters. The van der Waals surface area contributed by atoms with E-state index in [9.17, 15) is 0 Å². The lowest BCUT2D eigenvalue weighted by Gasteiger charge is -2.04. The highest BCUT2D eigenvalue weighted by molar-refractivity contribution is 9.10. The first-order valence-corrected chi connectivity index (χ1v) is 5.53. The first-order chi connectivity index (χ1) is 7.09. The van der Waals surface area contributed by atoms with Gasteiger partial charge in [-0.05, 0) is 29.8 Å². The van der Waals surface area contributed by atoms with E-state index in [2.05, 4.69) is 32.9 Å². The van der Waals surface area contributed by atoms with Gasteiger partial charge in [-0.25, -0.2) is 4.98 Å². The SMILES string of the molecule is Cc1nn(Cc2cncn2C)c(C)c1Br. The molecule has 2 heterocycles. The van der Waals surface area contributed by atoms with Crippen LogP contribution in [0.4, 0.5) is 0 Å². The predicted octanol–water partition coefficient (Wildman–Crippen LogP) is 2.04. The Labute approximate surface area is 97.1 Å². The van der Waals surface area contributed by atoms with E-state index >= 15 is 0 Å². The minimum Gasteiger partial charge on any atom is -0.336 e. The van der Waals surface area contributed by atoms with Gasteiger partial charge in [0.1, 0.15) is 0 Å². The Morgan fingerprint density at radius 2 is 2.13 bits per heavy atom. The maximum Gasteiger partial charge on any atom is 0.0946 e. The van der Waals surface area contributed by atoms with Gasteiger partial charge in [0.15, 0.2) is 0 Å². The minimum atomic E-state index is 0.759. The summed E-state index contributed by atoms with van der Waals surface area (Å²) in [5.74, 6) is 0. The average molecular weight is 269 g/mol. The summed E-state index contributed by atoms with van der Waals surface area (Å²) in [6.45, 7) is 4.81. The van der Waals surface area contributed by atoms with Gasteiger partial charge in [0.2, 0.25) is 0 Å². The van der Waals surface area contributed by atoms with Crippen LogP contribution in [0.3, 0.4) is 0 Å². The molecule has 0 spiro atoms. The number of imidazole rings is 1. The molecule has 0 aliphatic carbocycles.